The Morgan fingerprint density at radius 2 is 1.90 bits per heavy atom. The predicted molar refractivity (Wildman–Crippen MR) is 116 cm³/mol. The van der Waals surface area contributed by atoms with Crippen molar-refractivity contribution in [1.29, 1.82) is 0 Å². The molecule has 0 aliphatic carbocycles. The summed E-state index contributed by atoms with van der Waals surface area (Å²) in [6.45, 7) is 0. The van der Waals surface area contributed by atoms with Crippen molar-refractivity contribution in [2.75, 3.05) is 29.2 Å². The van der Waals surface area contributed by atoms with Gasteiger partial charge in [-0.05, 0) is 24.3 Å². The molecule has 9 nitrogen and oxygen atoms in total. The standard InChI is InChI=1S/C20H19N5O4S/c1-29-14-9-5-8-13(10-14)22-15(26)11-30-20-24-17(21)16(19(28)25-20)23-18(27)12-6-3-2-4-7-12/h2-10H,11H2,1H3,(H,22,26)(H,23,27)(H3,21,24,25,28). The summed E-state index contributed by atoms with van der Waals surface area (Å²) in [4.78, 5) is 43.3. The molecule has 3 rings (SSSR count). The Balaban J connectivity index is 1.63. The number of rotatable bonds is 7. The SMILES string of the molecule is COc1cccc(NC(=O)CSc2nc(N)c(NC(=O)c3ccccc3)c(=O)[nH]2)c1. The average Bonchev–Trinajstić information content (AvgIpc) is 2.75. The third-order valence-electron chi connectivity index (χ3n) is 3.89. The number of nitrogens with zero attached hydrogens (tertiary/aromatic N) is 1. The summed E-state index contributed by atoms with van der Waals surface area (Å²) in [5, 5.41) is 5.35. The molecule has 10 heteroatoms. The number of methoxy groups -OCH3 is 1. The van der Waals surface area contributed by atoms with E-state index in [1.54, 1.807) is 54.6 Å². The Labute approximate surface area is 176 Å². The van der Waals surface area contributed by atoms with Crippen LogP contribution in [0.3, 0.4) is 0 Å². The van der Waals surface area contributed by atoms with E-state index in [0.29, 0.717) is 17.0 Å². The smallest absolute Gasteiger partial charge is 0.277 e. The number of anilines is 3. The van der Waals surface area contributed by atoms with Gasteiger partial charge in [-0.25, -0.2) is 4.98 Å². The fraction of sp³-hybridized carbons (Fsp3) is 0.100. The molecule has 30 heavy (non-hydrogen) atoms. The summed E-state index contributed by atoms with van der Waals surface area (Å²) in [7, 11) is 1.54. The Kier molecular flexibility index (Phi) is 6.71. The van der Waals surface area contributed by atoms with Gasteiger partial charge in [-0.2, -0.15) is 0 Å². The fourth-order valence-electron chi connectivity index (χ4n) is 2.47. The number of H-pyrrole nitrogens is 1. The molecule has 0 bridgehead atoms. The lowest BCUT2D eigenvalue weighted by Gasteiger charge is -2.09. The molecule has 0 unspecified atom stereocenters. The van der Waals surface area contributed by atoms with E-state index >= 15 is 0 Å². The van der Waals surface area contributed by atoms with Crippen molar-refractivity contribution >= 4 is 40.8 Å². The molecule has 5 N–H and O–H groups in total. The Morgan fingerprint density at radius 1 is 1.13 bits per heavy atom. The Bertz CT molecular complexity index is 1120. The number of hydrogen-bond donors (Lipinski definition) is 4. The summed E-state index contributed by atoms with van der Waals surface area (Å²) in [5.74, 6) is -0.301. The monoisotopic (exact) mass is 425 g/mol. The van der Waals surface area contributed by atoms with Crippen molar-refractivity contribution in [3.05, 3.63) is 70.5 Å². The summed E-state index contributed by atoms with van der Waals surface area (Å²) < 4.78 is 5.11. The van der Waals surface area contributed by atoms with Crippen LogP contribution in [0, 0.1) is 0 Å². The van der Waals surface area contributed by atoms with Crippen LogP contribution in [0.15, 0.2) is 64.5 Å². The van der Waals surface area contributed by atoms with Gasteiger partial charge in [0.1, 0.15) is 11.4 Å². The fourth-order valence-corrected chi connectivity index (χ4v) is 3.13. The third-order valence-corrected chi connectivity index (χ3v) is 4.77. The van der Waals surface area contributed by atoms with Crippen LogP contribution >= 0.6 is 11.8 Å². The molecule has 0 aliphatic heterocycles. The number of ether oxygens (including phenoxy) is 1. The maximum absolute atomic E-state index is 12.3. The molecule has 2 aromatic carbocycles. The second-order valence-electron chi connectivity index (χ2n) is 6.02. The van der Waals surface area contributed by atoms with Crippen LogP contribution < -0.4 is 26.7 Å². The quantitative estimate of drug-likeness (QED) is 0.336. The van der Waals surface area contributed by atoms with Gasteiger partial charge < -0.3 is 21.1 Å². The van der Waals surface area contributed by atoms with Crippen molar-refractivity contribution in [3.63, 3.8) is 0 Å². The van der Waals surface area contributed by atoms with Crippen LogP contribution in [0.25, 0.3) is 0 Å². The maximum atomic E-state index is 12.3. The number of carbonyl (C=O) groups excluding carboxylic acids is 2. The highest BCUT2D eigenvalue weighted by molar-refractivity contribution is 7.99. The van der Waals surface area contributed by atoms with Crippen molar-refractivity contribution in [2.24, 2.45) is 0 Å². The molecule has 3 aromatic rings. The van der Waals surface area contributed by atoms with E-state index in [4.69, 9.17) is 10.5 Å². The molecule has 1 heterocycles. The number of hydrogen-bond acceptors (Lipinski definition) is 7. The highest BCUT2D eigenvalue weighted by Gasteiger charge is 2.14. The average molecular weight is 425 g/mol. The first kappa shape index (κ1) is 20.9. The minimum Gasteiger partial charge on any atom is -0.497 e. The van der Waals surface area contributed by atoms with Gasteiger partial charge in [-0.1, -0.05) is 36.0 Å². The van der Waals surface area contributed by atoms with Crippen LogP contribution in [0.4, 0.5) is 17.2 Å². The first-order valence-corrected chi connectivity index (χ1v) is 9.77. The topological polar surface area (TPSA) is 139 Å². The van der Waals surface area contributed by atoms with E-state index < -0.39 is 11.5 Å². The molecule has 0 aliphatic rings. The zero-order valence-corrected chi connectivity index (χ0v) is 16.8. The number of aromatic amines is 1. The predicted octanol–water partition coefficient (Wildman–Crippen LogP) is 2.34. The first-order chi connectivity index (χ1) is 14.5. The van der Waals surface area contributed by atoms with Gasteiger partial charge in [-0.15, -0.1) is 0 Å². The number of nitrogens with one attached hydrogen (secondary N) is 3. The van der Waals surface area contributed by atoms with Crippen LogP contribution in [0.1, 0.15) is 10.4 Å². The molecule has 154 valence electrons. The highest BCUT2D eigenvalue weighted by Crippen LogP contribution is 2.19. The van der Waals surface area contributed by atoms with Crippen LogP contribution in [0.5, 0.6) is 5.75 Å². The van der Waals surface area contributed by atoms with E-state index in [-0.39, 0.29) is 28.3 Å². The normalized spacial score (nSPS) is 10.3. The number of carbonyl (C=O) groups is 2. The summed E-state index contributed by atoms with van der Waals surface area (Å²) in [6.07, 6.45) is 0. The van der Waals surface area contributed by atoms with E-state index in [0.717, 1.165) is 11.8 Å². The largest absolute Gasteiger partial charge is 0.497 e. The Hall–Kier alpha value is -3.79. The van der Waals surface area contributed by atoms with Crippen molar-refractivity contribution in [1.82, 2.24) is 9.97 Å². The van der Waals surface area contributed by atoms with Crippen LogP contribution in [-0.4, -0.2) is 34.6 Å². The van der Waals surface area contributed by atoms with E-state index in [1.165, 1.54) is 7.11 Å². The summed E-state index contributed by atoms with van der Waals surface area (Å²) >= 11 is 1.01. The second-order valence-corrected chi connectivity index (χ2v) is 6.98. The lowest BCUT2D eigenvalue weighted by Crippen LogP contribution is -2.23. The minimum atomic E-state index is -0.609. The van der Waals surface area contributed by atoms with E-state index in [9.17, 15) is 14.4 Å². The van der Waals surface area contributed by atoms with Crippen LogP contribution in [-0.2, 0) is 4.79 Å². The summed E-state index contributed by atoms with van der Waals surface area (Å²) in [5.41, 5.74) is 6.05. The molecule has 0 fully saturated rings. The molecule has 0 atom stereocenters. The minimum absolute atomic E-state index is 0.00465. The summed E-state index contributed by atoms with van der Waals surface area (Å²) in [6, 6.07) is 15.3. The second kappa shape index (κ2) is 9.61. The molecule has 0 radical (unpaired) electrons. The van der Waals surface area contributed by atoms with Gasteiger partial charge in [0.2, 0.25) is 5.91 Å². The lowest BCUT2D eigenvalue weighted by molar-refractivity contribution is -0.113. The number of thioether (sulfide) groups is 1. The molecular formula is C20H19N5O4S. The molecular weight excluding hydrogens is 406 g/mol. The Morgan fingerprint density at radius 3 is 2.60 bits per heavy atom. The van der Waals surface area contributed by atoms with Gasteiger partial charge in [-0.3, -0.25) is 19.4 Å². The zero-order valence-electron chi connectivity index (χ0n) is 16.0. The molecule has 0 saturated carbocycles. The zero-order chi connectivity index (χ0) is 21.5. The van der Waals surface area contributed by atoms with Crippen molar-refractivity contribution in [2.45, 2.75) is 5.16 Å². The van der Waals surface area contributed by atoms with Crippen molar-refractivity contribution < 1.29 is 14.3 Å². The van der Waals surface area contributed by atoms with Gasteiger partial charge >= 0.3 is 0 Å². The van der Waals surface area contributed by atoms with E-state index in [2.05, 4.69) is 20.6 Å². The number of nitrogens with two attached hydrogens (primary N) is 1. The molecule has 2 amide bonds. The van der Waals surface area contributed by atoms with Gasteiger partial charge in [0.05, 0.1) is 12.9 Å². The van der Waals surface area contributed by atoms with Gasteiger partial charge in [0.15, 0.2) is 11.0 Å². The van der Waals surface area contributed by atoms with E-state index in [1.807, 2.05) is 0 Å². The molecule has 0 spiro atoms. The van der Waals surface area contributed by atoms with Gasteiger partial charge in [0.25, 0.3) is 11.5 Å². The lowest BCUT2D eigenvalue weighted by atomic mass is 10.2. The molecule has 0 saturated heterocycles. The molecule has 1 aromatic heterocycles. The number of aromatic nitrogens is 2. The maximum Gasteiger partial charge on any atom is 0.277 e. The highest BCUT2D eigenvalue weighted by atomic mass is 32.2. The number of benzene rings is 2. The number of amides is 2. The van der Waals surface area contributed by atoms with Gasteiger partial charge in [0, 0.05) is 17.3 Å². The first-order valence-electron chi connectivity index (χ1n) is 8.79. The number of nitrogen functional groups attached to an aromatic ring is 1. The van der Waals surface area contributed by atoms with Crippen LogP contribution in [0.2, 0.25) is 0 Å². The third kappa shape index (κ3) is 5.39. The van der Waals surface area contributed by atoms with Crippen molar-refractivity contribution in [3.8, 4) is 5.75 Å².